The van der Waals surface area contributed by atoms with E-state index in [9.17, 15) is 4.79 Å². The minimum atomic E-state index is -0.112. The van der Waals surface area contributed by atoms with Gasteiger partial charge in [0.25, 0.3) is 0 Å². The summed E-state index contributed by atoms with van der Waals surface area (Å²) in [5.41, 5.74) is 6.69. The van der Waals surface area contributed by atoms with E-state index >= 15 is 0 Å². The van der Waals surface area contributed by atoms with Crippen LogP contribution in [0.1, 0.15) is 18.4 Å². The first-order valence-electron chi connectivity index (χ1n) is 6.58. The zero-order valence-corrected chi connectivity index (χ0v) is 11.9. The van der Waals surface area contributed by atoms with Crippen molar-refractivity contribution in [2.45, 2.75) is 12.8 Å². The third-order valence-corrected chi connectivity index (χ3v) is 3.42. The van der Waals surface area contributed by atoms with Crippen LogP contribution in [0.2, 0.25) is 5.02 Å². The van der Waals surface area contributed by atoms with Gasteiger partial charge in [-0.25, -0.2) is 0 Å². The Labute approximate surface area is 123 Å². The third-order valence-electron chi connectivity index (χ3n) is 3.09. The average Bonchev–Trinajstić information content (AvgIpc) is 2.49. The number of nitrogens with one attached hydrogen (secondary N) is 1. The van der Waals surface area contributed by atoms with Gasteiger partial charge in [-0.2, -0.15) is 0 Å². The largest absolute Gasteiger partial charge is 0.381 e. The highest BCUT2D eigenvalue weighted by atomic mass is 35.5. The predicted molar refractivity (Wildman–Crippen MR) is 79.6 cm³/mol. The standard InChI is InChI=1S/C15H17ClN2O2/c16-13-6-5-11(3-1-7-17)9-14(13)18-15(19)12-4-2-8-20-10-12/h5-6,9,12H,2,4,7-8,10,17H2,(H,18,19). The first-order valence-corrected chi connectivity index (χ1v) is 6.95. The SMILES string of the molecule is NCC#Cc1ccc(Cl)c(NC(=O)C2CCCOC2)c1. The Hall–Kier alpha value is -1.54. The van der Waals surface area contributed by atoms with E-state index in [1.54, 1.807) is 18.2 Å². The first-order chi connectivity index (χ1) is 9.70. The maximum absolute atomic E-state index is 12.1. The minimum absolute atomic E-state index is 0.0597. The Morgan fingerprint density at radius 1 is 1.55 bits per heavy atom. The van der Waals surface area contributed by atoms with E-state index in [2.05, 4.69) is 17.2 Å². The molecule has 0 aromatic heterocycles. The molecule has 0 aliphatic carbocycles. The fraction of sp³-hybridized carbons (Fsp3) is 0.400. The van der Waals surface area contributed by atoms with Crippen molar-refractivity contribution in [1.82, 2.24) is 0 Å². The van der Waals surface area contributed by atoms with Crippen molar-refractivity contribution in [3.05, 3.63) is 28.8 Å². The molecule has 1 amide bonds. The monoisotopic (exact) mass is 292 g/mol. The Balaban J connectivity index is 2.09. The number of rotatable bonds is 2. The summed E-state index contributed by atoms with van der Waals surface area (Å²) in [6.45, 7) is 1.49. The van der Waals surface area contributed by atoms with Crippen molar-refractivity contribution in [3.63, 3.8) is 0 Å². The van der Waals surface area contributed by atoms with E-state index in [1.165, 1.54) is 0 Å². The number of carbonyl (C=O) groups is 1. The molecule has 1 unspecified atom stereocenters. The van der Waals surface area contributed by atoms with Gasteiger partial charge in [-0.05, 0) is 31.0 Å². The molecule has 1 aliphatic heterocycles. The summed E-state index contributed by atoms with van der Waals surface area (Å²) >= 11 is 6.09. The van der Waals surface area contributed by atoms with Crippen LogP contribution in [0.25, 0.3) is 0 Å². The van der Waals surface area contributed by atoms with Gasteiger partial charge in [0.1, 0.15) is 0 Å². The van der Waals surface area contributed by atoms with Gasteiger partial charge < -0.3 is 15.8 Å². The molecule has 5 heteroatoms. The Kier molecular flexibility index (Phi) is 5.42. The molecule has 0 spiro atoms. The molecule has 3 N–H and O–H groups in total. The molecule has 1 saturated heterocycles. The van der Waals surface area contributed by atoms with Crippen molar-refractivity contribution in [1.29, 1.82) is 0 Å². The minimum Gasteiger partial charge on any atom is -0.381 e. The lowest BCUT2D eigenvalue weighted by molar-refractivity contribution is -0.123. The average molecular weight is 293 g/mol. The van der Waals surface area contributed by atoms with Crippen LogP contribution < -0.4 is 11.1 Å². The second kappa shape index (κ2) is 7.30. The summed E-state index contributed by atoms with van der Waals surface area (Å²) in [4.78, 5) is 12.1. The van der Waals surface area contributed by atoms with Crippen molar-refractivity contribution in [2.24, 2.45) is 11.7 Å². The van der Waals surface area contributed by atoms with E-state index in [-0.39, 0.29) is 11.8 Å². The van der Waals surface area contributed by atoms with E-state index in [1.807, 2.05) is 0 Å². The topological polar surface area (TPSA) is 64.3 Å². The Bertz CT molecular complexity index is 543. The van der Waals surface area contributed by atoms with E-state index < -0.39 is 0 Å². The highest BCUT2D eigenvalue weighted by Crippen LogP contribution is 2.24. The van der Waals surface area contributed by atoms with Crippen LogP contribution in [-0.2, 0) is 9.53 Å². The summed E-state index contributed by atoms with van der Waals surface area (Å²) in [5, 5.41) is 3.34. The van der Waals surface area contributed by atoms with Crippen molar-refractivity contribution in [3.8, 4) is 11.8 Å². The summed E-state index contributed by atoms with van der Waals surface area (Å²) in [5.74, 6) is 5.51. The molecule has 1 aromatic rings. The highest BCUT2D eigenvalue weighted by Gasteiger charge is 2.22. The number of anilines is 1. The molecule has 1 heterocycles. The number of carbonyl (C=O) groups excluding carboxylic acids is 1. The number of hydrogen-bond acceptors (Lipinski definition) is 3. The molecule has 1 fully saturated rings. The van der Waals surface area contributed by atoms with Gasteiger partial charge in [-0.1, -0.05) is 23.4 Å². The molecule has 106 valence electrons. The van der Waals surface area contributed by atoms with Gasteiger partial charge >= 0.3 is 0 Å². The highest BCUT2D eigenvalue weighted by molar-refractivity contribution is 6.33. The number of benzene rings is 1. The van der Waals surface area contributed by atoms with Gasteiger partial charge in [0, 0.05) is 12.2 Å². The molecule has 1 atom stereocenters. The molecule has 1 aromatic carbocycles. The van der Waals surface area contributed by atoms with E-state index in [0.717, 1.165) is 25.0 Å². The number of amides is 1. The summed E-state index contributed by atoms with van der Waals surface area (Å²) in [7, 11) is 0. The van der Waals surface area contributed by atoms with Crippen LogP contribution in [0.4, 0.5) is 5.69 Å². The van der Waals surface area contributed by atoms with Crippen LogP contribution in [-0.4, -0.2) is 25.7 Å². The van der Waals surface area contributed by atoms with Crippen LogP contribution in [0.5, 0.6) is 0 Å². The lowest BCUT2D eigenvalue weighted by atomic mass is 10.0. The molecule has 0 radical (unpaired) electrons. The number of nitrogens with two attached hydrogens (primary N) is 1. The predicted octanol–water partition coefficient (Wildman–Crippen LogP) is 2.02. The Morgan fingerprint density at radius 3 is 3.10 bits per heavy atom. The van der Waals surface area contributed by atoms with Gasteiger partial charge in [0.2, 0.25) is 5.91 Å². The number of ether oxygens (including phenoxy) is 1. The fourth-order valence-electron chi connectivity index (χ4n) is 2.03. The van der Waals surface area contributed by atoms with Crippen LogP contribution in [0, 0.1) is 17.8 Å². The van der Waals surface area contributed by atoms with Crippen LogP contribution in [0.3, 0.4) is 0 Å². The summed E-state index contributed by atoms with van der Waals surface area (Å²) in [6.07, 6.45) is 1.75. The molecular weight excluding hydrogens is 276 g/mol. The van der Waals surface area contributed by atoms with Crippen molar-refractivity contribution >= 4 is 23.2 Å². The zero-order valence-electron chi connectivity index (χ0n) is 11.1. The second-order valence-electron chi connectivity index (χ2n) is 4.60. The normalized spacial score (nSPS) is 18.0. The first kappa shape index (κ1) is 14.9. The lowest BCUT2D eigenvalue weighted by Gasteiger charge is -2.21. The zero-order chi connectivity index (χ0) is 14.4. The maximum Gasteiger partial charge on any atom is 0.229 e. The lowest BCUT2D eigenvalue weighted by Crippen LogP contribution is -2.30. The number of halogens is 1. The van der Waals surface area contributed by atoms with Gasteiger partial charge in [-0.15, -0.1) is 0 Å². The van der Waals surface area contributed by atoms with Gasteiger partial charge in [-0.3, -0.25) is 4.79 Å². The Morgan fingerprint density at radius 2 is 2.40 bits per heavy atom. The molecule has 4 nitrogen and oxygen atoms in total. The molecule has 0 bridgehead atoms. The quantitative estimate of drug-likeness (QED) is 0.820. The third kappa shape index (κ3) is 3.97. The van der Waals surface area contributed by atoms with E-state index in [0.29, 0.717) is 23.9 Å². The summed E-state index contributed by atoms with van der Waals surface area (Å²) < 4.78 is 5.32. The molecule has 1 aliphatic rings. The smallest absolute Gasteiger partial charge is 0.229 e. The van der Waals surface area contributed by atoms with Crippen LogP contribution >= 0.6 is 11.6 Å². The second-order valence-corrected chi connectivity index (χ2v) is 5.01. The number of hydrogen-bond donors (Lipinski definition) is 2. The van der Waals surface area contributed by atoms with Crippen molar-refractivity contribution in [2.75, 3.05) is 25.1 Å². The molecule has 20 heavy (non-hydrogen) atoms. The molecule has 2 rings (SSSR count). The van der Waals surface area contributed by atoms with Gasteiger partial charge in [0.05, 0.1) is 29.8 Å². The maximum atomic E-state index is 12.1. The van der Waals surface area contributed by atoms with Crippen LogP contribution in [0.15, 0.2) is 18.2 Å². The summed E-state index contributed by atoms with van der Waals surface area (Å²) in [6, 6.07) is 5.27. The molecular formula is C15H17ClN2O2. The van der Waals surface area contributed by atoms with Crippen molar-refractivity contribution < 1.29 is 9.53 Å². The van der Waals surface area contributed by atoms with Gasteiger partial charge in [0.15, 0.2) is 0 Å². The fourth-order valence-corrected chi connectivity index (χ4v) is 2.20. The van der Waals surface area contributed by atoms with E-state index in [4.69, 9.17) is 22.1 Å². The molecule has 0 saturated carbocycles.